The van der Waals surface area contributed by atoms with Gasteiger partial charge in [-0.2, -0.15) is 5.26 Å². The van der Waals surface area contributed by atoms with Crippen molar-refractivity contribution >= 4 is 28.2 Å². The van der Waals surface area contributed by atoms with Gasteiger partial charge in [-0.05, 0) is 43.3 Å². The van der Waals surface area contributed by atoms with E-state index < -0.39 is 18.5 Å². The highest BCUT2D eigenvalue weighted by Gasteiger charge is 2.13. The van der Waals surface area contributed by atoms with Crippen LogP contribution in [0.1, 0.15) is 22.3 Å². The summed E-state index contributed by atoms with van der Waals surface area (Å²) in [5.74, 6) is -0.500. The van der Waals surface area contributed by atoms with Gasteiger partial charge in [-0.15, -0.1) is 11.3 Å². The fraction of sp³-hybridized carbons (Fsp3) is 0.278. The van der Waals surface area contributed by atoms with Gasteiger partial charge < -0.3 is 14.8 Å². The molecule has 1 amide bonds. The number of carbonyl (C=O) groups is 2. The molecule has 1 N–H and O–H groups in total. The topological polar surface area (TPSA) is 88.4 Å². The maximum absolute atomic E-state index is 11.8. The molecule has 7 heteroatoms. The standard InChI is InChI=1S/C18H18N2O4S/c1-11-6-12(2)17(13(3)7-11)24-10-16(22)23-9-15(21)20-18-14(8-19)4-5-25-18/h4-7H,9-10H2,1-3H3,(H,20,21). The zero-order chi connectivity index (χ0) is 18.4. The van der Waals surface area contributed by atoms with E-state index in [0.717, 1.165) is 16.7 Å². The van der Waals surface area contributed by atoms with Gasteiger partial charge in [-0.1, -0.05) is 17.7 Å². The second-order valence-electron chi connectivity index (χ2n) is 5.50. The first-order valence-corrected chi connectivity index (χ1v) is 8.42. The smallest absolute Gasteiger partial charge is 0.344 e. The van der Waals surface area contributed by atoms with E-state index in [2.05, 4.69) is 5.32 Å². The number of ether oxygens (including phenoxy) is 2. The Morgan fingerprint density at radius 1 is 1.20 bits per heavy atom. The van der Waals surface area contributed by atoms with Crippen molar-refractivity contribution in [1.82, 2.24) is 0 Å². The number of hydrogen-bond acceptors (Lipinski definition) is 6. The number of anilines is 1. The Balaban J connectivity index is 1.81. The summed E-state index contributed by atoms with van der Waals surface area (Å²) < 4.78 is 10.4. The number of rotatable bonds is 6. The Bertz CT molecular complexity index is 813. The fourth-order valence-electron chi connectivity index (χ4n) is 2.37. The van der Waals surface area contributed by atoms with Crippen LogP contribution in [-0.4, -0.2) is 25.1 Å². The Morgan fingerprint density at radius 2 is 1.88 bits per heavy atom. The summed E-state index contributed by atoms with van der Waals surface area (Å²) >= 11 is 1.23. The number of nitriles is 1. The maximum Gasteiger partial charge on any atom is 0.344 e. The molecule has 0 fully saturated rings. The minimum Gasteiger partial charge on any atom is -0.481 e. The van der Waals surface area contributed by atoms with Crippen molar-refractivity contribution in [3.63, 3.8) is 0 Å². The molecule has 25 heavy (non-hydrogen) atoms. The van der Waals surface area contributed by atoms with Crippen molar-refractivity contribution in [2.75, 3.05) is 18.5 Å². The molecule has 1 aromatic carbocycles. The lowest BCUT2D eigenvalue weighted by Crippen LogP contribution is -2.23. The molecule has 1 heterocycles. The number of esters is 1. The molecule has 0 aliphatic carbocycles. The fourth-order valence-corrected chi connectivity index (χ4v) is 3.12. The maximum atomic E-state index is 11.8. The summed E-state index contributed by atoms with van der Waals surface area (Å²) in [5, 5.41) is 13.5. The monoisotopic (exact) mass is 358 g/mol. The minimum absolute atomic E-state index is 0.277. The highest BCUT2D eigenvalue weighted by atomic mass is 32.1. The summed E-state index contributed by atoms with van der Waals surface area (Å²) in [5.41, 5.74) is 3.36. The zero-order valence-electron chi connectivity index (χ0n) is 14.2. The van der Waals surface area contributed by atoms with Crippen LogP contribution >= 0.6 is 11.3 Å². The van der Waals surface area contributed by atoms with Gasteiger partial charge in [0.2, 0.25) is 0 Å². The number of aryl methyl sites for hydroxylation is 3. The van der Waals surface area contributed by atoms with Crippen LogP contribution in [0.4, 0.5) is 5.00 Å². The number of carbonyl (C=O) groups excluding carboxylic acids is 2. The van der Waals surface area contributed by atoms with Gasteiger partial charge in [-0.3, -0.25) is 4.79 Å². The number of amides is 1. The molecule has 0 aliphatic rings. The number of benzene rings is 1. The van der Waals surface area contributed by atoms with Crippen molar-refractivity contribution in [3.8, 4) is 11.8 Å². The van der Waals surface area contributed by atoms with E-state index in [-0.39, 0.29) is 6.61 Å². The van der Waals surface area contributed by atoms with Gasteiger partial charge in [0.15, 0.2) is 13.2 Å². The van der Waals surface area contributed by atoms with Crippen molar-refractivity contribution in [1.29, 1.82) is 5.26 Å². The van der Waals surface area contributed by atoms with Gasteiger partial charge in [0.1, 0.15) is 16.8 Å². The molecule has 0 radical (unpaired) electrons. The van der Waals surface area contributed by atoms with Crippen LogP contribution in [0.3, 0.4) is 0 Å². The van der Waals surface area contributed by atoms with E-state index in [4.69, 9.17) is 14.7 Å². The summed E-state index contributed by atoms with van der Waals surface area (Å²) in [7, 11) is 0. The molecule has 130 valence electrons. The van der Waals surface area contributed by atoms with E-state index in [1.54, 1.807) is 11.4 Å². The van der Waals surface area contributed by atoms with Crippen molar-refractivity contribution in [3.05, 3.63) is 45.8 Å². The van der Waals surface area contributed by atoms with Gasteiger partial charge >= 0.3 is 5.97 Å². The number of thiophene rings is 1. The van der Waals surface area contributed by atoms with Crippen LogP contribution < -0.4 is 10.1 Å². The van der Waals surface area contributed by atoms with E-state index in [9.17, 15) is 9.59 Å². The minimum atomic E-state index is -0.638. The third kappa shape index (κ3) is 5.06. The van der Waals surface area contributed by atoms with Crippen LogP contribution in [0.2, 0.25) is 0 Å². The molecule has 2 rings (SSSR count). The van der Waals surface area contributed by atoms with E-state index in [1.807, 2.05) is 39.0 Å². The van der Waals surface area contributed by atoms with E-state index in [1.165, 1.54) is 11.3 Å². The van der Waals surface area contributed by atoms with Crippen molar-refractivity contribution in [2.45, 2.75) is 20.8 Å². The molecule has 0 aliphatic heterocycles. The Morgan fingerprint density at radius 3 is 2.52 bits per heavy atom. The van der Waals surface area contributed by atoms with Gasteiger partial charge in [-0.25, -0.2) is 4.79 Å². The molecule has 0 bridgehead atoms. The van der Waals surface area contributed by atoms with Crippen LogP contribution in [-0.2, 0) is 14.3 Å². The first-order chi connectivity index (χ1) is 11.9. The number of nitrogens with zero attached hydrogens (tertiary/aromatic N) is 1. The summed E-state index contributed by atoms with van der Waals surface area (Å²) in [6, 6.07) is 7.50. The third-order valence-corrected chi connectivity index (χ3v) is 4.17. The summed E-state index contributed by atoms with van der Waals surface area (Å²) in [4.78, 5) is 23.5. The van der Waals surface area contributed by atoms with E-state index >= 15 is 0 Å². The quantitative estimate of drug-likeness (QED) is 0.802. The Kier molecular flexibility index (Phi) is 6.14. The molecule has 1 aromatic heterocycles. The molecule has 0 atom stereocenters. The number of nitrogens with one attached hydrogen (secondary N) is 1. The highest BCUT2D eigenvalue weighted by molar-refractivity contribution is 7.14. The van der Waals surface area contributed by atoms with Gasteiger partial charge in [0, 0.05) is 0 Å². The second kappa shape index (κ2) is 8.31. The Hall–Kier alpha value is -2.85. The third-order valence-electron chi connectivity index (χ3n) is 3.34. The SMILES string of the molecule is Cc1cc(C)c(OCC(=O)OCC(=O)Nc2sccc2C#N)c(C)c1. The largest absolute Gasteiger partial charge is 0.481 e. The zero-order valence-corrected chi connectivity index (χ0v) is 15.0. The summed E-state index contributed by atoms with van der Waals surface area (Å²) in [6.07, 6.45) is 0. The molecule has 0 unspecified atom stereocenters. The molecule has 0 saturated heterocycles. The molecular formula is C18H18N2O4S. The first kappa shape index (κ1) is 18.5. The molecule has 6 nitrogen and oxygen atoms in total. The second-order valence-corrected chi connectivity index (χ2v) is 6.42. The normalized spacial score (nSPS) is 10.0. The van der Waals surface area contributed by atoms with Gasteiger partial charge in [0.05, 0.1) is 5.56 Å². The summed E-state index contributed by atoms with van der Waals surface area (Å²) in [6.45, 7) is 5.09. The van der Waals surface area contributed by atoms with Crippen LogP contribution in [0, 0.1) is 32.1 Å². The Labute approximate surface area is 150 Å². The van der Waals surface area contributed by atoms with E-state index in [0.29, 0.717) is 16.3 Å². The van der Waals surface area contributed by atoms with Gasteiger partial charge in [0.25, 0.3) is 5.91 Å². The van der Waals surface area contributed by atoms with Crippen molar-refractivity contribution in [2.24, 2.45) is 0 Å². The highest BCUT2D eigenvalue weighted by Crippen LogP contribution is 2.24. The van der Waals surface area contributed by atoms with Crippen LogP contribution in [0.15, 0.2) is 23.6 Å². The lowest BCUT2D eigenvalue weighted by molar-refractivity contribution is -0.149. The molecular weight excluding hydrogens is 340 g/mol. The molecule has 0 spiro atoms. The lowest BCUT2D eigenvalue weighted by Gasteiger charge is -2.12. The molecule has 2 aromatic rings. The predicted octanol–water partition coefficient (Wildman–Crippen LogP) is 3.11. The predicted molar refractivity (Wildman–Crippen MR) is 94.8 cm³/mol. The van der Waals surface area contributed by atoms with Crippen LogP contribution in [0.5, 0.6) is 5.75 Å². The first-order valence-electron chi connectivity index (χ1n) is 7.54. The number of hydrogen-bond donors (Lipinski definition) is 1. The van der Waals surface area contributed by atoms with Crippen LogP contribution in [0.25, 0.3) is 0 Å². The average molecular weight is 358 g/mol. The lowest BCUT2D eigenvalue weighted by atomic mass is 10.1. The van der Waals surface area contributed by atoms with Crippen molar-refractivity contribution < 1.29 is 19.1 Å². The molecule has 0 saturated carbocycles. The average Bonchev–Trinajstić information content (AvgIpc) is 2.99.